The minimum absolute atomic E-state index is 0.452. The quantitative estimate of drug-likeness (QED) is 0.388. The molecular weight excluding hydrogens is 104 g/mol. The van der Waals surface area contributed by atoms with Crippen LogP contribution in [0.5, 0.6) is 0 Å². The molecule has 0 amide bonds. The lowest BCUT2D eigenvalue weighted by Gasteiger charge is -1.91. The van der Waals surface area contributed by atoms with E-state index in [4.69, 9.17) is 0 Å². The second-order valence-corrected chi connectivity index (χ2v) is 1.84. The van der Waals surface area contributed by atoms with Gasteiger partial charge < -0.3 is 0 Å². The molecule has 0 radical (unpaired) electrons. The Kier molecular flexibility index (Phi) is 4.03. The first-order chi connectivity index (χ1) is 3.31. The molecule has 0 spiro atoms. The van der Waals surface area contributed by atoms with Gasteiger partial charge in [0.15, 0.2) is 0 Å². The van der Waals surface area contributed by atoms with Crippen molar-refractivity contribution in [3.8, 4) is 11.8 Å². The fourth-order valence-corrected chi connectivity index (χ4v) is 0.383. The third-order valence-corrected chi connectivity index (χ3v) is 1.21. The molecule has 0 aromatic rings. The minimum Gasteiger partial charge on any atom is -0.178 e. The van der Waals surface area contributed by atoms with Gasteiger partial charge in [0.1, 0.15) is 0 Å². The summed E-state index contributed by atoms with van der Waals surface area (Å²) in [5, 5.41) is 0. The first-order valence-corrected chi connectivity index (χ1v) is 2.97. The Morgan fingerprint density at radius 3 is 2.43 bits per heavy atom. The second-order valence-electron chi connectivity index (χ2n) is 1.48. The average molecular weight is 114 g/mol. The van der Waals surface area contributed by atoms with Crippen LogP contribution < -0.4 is 0 Å². The largest absolute Gasteiger partial charge is 0.178 e. The predicted molar refractivity (Wildman–Crippen MR) is 36.5 cm³/mol. The van der Waals surface area contributed by atoms with Crippen LogP contribution in [-0.2, 0) is 0 Å². The zero-order chi connectivity index (χ0) is 5.70. The molecule has 1 unspecified atom stereocenters. The van der Waals surface area contributed by atoms with Crippen LogP contribution in [0.25, 0.3) is 0 Å². The van der Waals surface area contributed by atoms with E-state index >= 15 is 0 Å². The van der Waals surface area contributed by atoms with Crippen molar-refractivity contribution in [2.75, 3.05) is 5.75 Å². The predicted octanol–water partition coefficient (Wildman–Crippen LogP) is 1.58. The minimum atomic E-state index is 0.452. The summed E-state index contributed by atoms with van der Waals surface area (Å²) < 4.78 is 0. The summed E-state index contributed by atoms with van der Waals surface area (Å²) in [4.78, 5) is 0. The molecule has 0 rings (SSSR count). The molecule has 0 aliphatic heterocycles. The van der Waals surface area contributed by atoms with E-state index in [1.807, 2.05) is 6.92 Å². The third kappa shape index (κ3) is 3.75. The van der Waals surface area contributed by atoms with Crippen molar-refractivity contribution in [3.05, 3.63) is 0 Å². The van der Waals surface area contributed by atoms with E-state index in [-0.39, 0.29) is 0 Å². The van der Waals surface area contributed by atoms with Gasteiger partial charge in [-0.2, -0.15) is 12.6 Å². The van der Waals surface area contributed by atoms with Gasteiger partial charge in [-0.25, -0.2) is 0 Å². The van der Waals surface area contributed by atoms with Crippen molar-refractivity contribution in [2.24, 2.45) is 5.92 Å². The Bertz CT molecular complexity index is 86.1. The molecule has 0 N–H and O–H groups in total. The topological polar surface area (TPSA) is 0 Å². The molecule has 0 aliphatic carbocycles. The summed E-state index contributed by atoms with van der Waals surface area (Å²) in [6.45, 7) is 3.91. The zero-order valence-corrected chi connectivity index (χ0v) is 5.63. The standard InChI is InChI=1S/C6H10S/c1-3-4-6(2)5-7/h6-7H,5H2,1-2H3. The third-order valence-electron chi connectivity index (χ3n) is 0.665. The monoisotopic (exact) mass is 114 g/mol. The number of thiol groups is 1. The van der Waals surface area contributed by atoms with E-state index in [0.29, 0.717) is 5.92 Å². The van der Waals surface area contributed by atoms with Gasteiger partial charge in [0.25, 0.3) is 0 Å². The van der Waals surface area contributed by atoms with Gasteiger partial charge in [0, 0.05) is 11.7 Å². The van der Waals surface area contributed by atoms with Crippen LogP contribution >= 0.6 is 12.6 Å². The number of hydrogen-bond acceptors (Lipinski definition) is 1. The van der Waals surface area contributed by atoms with Gasteiger partial charge in [0.05, 0.1) is 0 Å². The summed E-state index contributed by atoms with van der Waals surface area (Å²) in [6, 6.07) is 0. The summed E-state index contributed by atoms with van der Waals surface area (Å²) in [6.07, 6.45) is 0. The fourth-order valence-electron chi connectivity index (χ4n) is 0.292. The lowest BCUT2D eigenvalue weighted by molar-refractivity contribution is 0.885. The van der Waals surface area contributed by atoms with E-state index in [0.717, 1.165) is 5.75 Å². The highest BCUT2D eigenvalue weighted by Crippen LogP contribution is 1.92. The van der Waals surface area contributed by atoms with Crippen LogP contribution in [-0.4, -0.2) is 5.75 Å². The highest BCUT2D eigenvalue weighted by atomic mass is 32.1. The lowest BCUT2D eigenvalue weighted by Crippen LogP contribution is -1.88. The Hall–Kier alpha value is -0.0900. The number of hydrogen-bond donors (Lipinski definition) is 1. The molecule has 7 heavy (non-hydrogen) atoms. The first-order valence-electron chi connectivity index (χ1n) is 2.34. The maximum atomic E-state index is 4.05. The van der Waals surface area contributed by atoms with Gasteiger partial charge in [-0.1, -0.05) is 12.8 Å². The summed E-state index contributed by atoms with van der Waals surface area (Å²) >= 11 is 4.05. The van der Waals surface area contributed by atoms with Crippen molar-refractivity contribution >= 4 is 12.6 Å². The Balaban J connectivity index is 3.29. The van der Waals surface area contributed by atoms with E-state index in [1.54, 1.807) is 0 Å². The van der Waals surface area contributed by atoms with Gasteiger partial charge >= 0.3 is 0 Å². The smallest absolute Gasteiger partial charge is 0.0262 e. The van der Waals surface area contributed by atoms with Gasteiger partial charge in [-0.3, -0.25) is 0 Å². The Labute approximate surface area is 50.7 Å². The molecule has 0 aromatic carbocycles. The van der Waals surface area contributed by atoms with Crippen LogP contribution in [0.3, 0.4) is 0 Å². The van der Waals surface area contributed by atoms with E-state index in [9.17, 15) is 0 Å². The maximum Gasteiger partial charge on any atom is 0.0262 e. The average Bonchev–Trinajstić information content (AvgIpc) is 1.68. The van der Waals surface area contributed by atoms with Gasteiger partial charge in [-0.15, -0.1) is 5.92 Å². The van der Waals surface area contributed by atoms with Crippen LogP contribution in [0.2, 0.25) is 0 Å². The molecule has 0 saturated carbocycles. The molecule has 1 heteroatoms. The van der Waals surface area contributed by atoms with Crippen molar-refractivity contribution in [2.45, 2.75) is 13.8 Å². The molecule has 40 valence electrons. The van der Waals surface area contributed by atoms with E-state index in [2.05, 4.69) is 31.4 Å². The summed E-state index contributed by atoms with van der Waals surface area (Å²) in [7, 11) is 0. The molecule has 0 aromatic heterocycles. The summed E-state index contributed by atoms with van der Waals surface area (Å²) in [5.41, 5.74) is 0. The molecule has 0 bridgehead atoms. The normalized spacial score (nSPS) is 11.9. The van der Waals surface area contributed by atoms with Crippen LogP contribution in [0, 0.1) is 17.8 Å². The highest BCUT2D eigenvalue weighted by molar-refractivity contribution is 7.80. The van der Waals surface area contributed by atoms with E-state index in [1.165, 1.54) is 0 Å². The van der Waals surface area contributed by atoms with Gasteiger partial charge in [0.2, 0.25) is 0 Å². The Morgan fingerprint density at radius 1 is 1.71 bits per heavy atom. The van der Waals surface area contributed by atoms with Crippen LogP contribution in [0.1, 0.15) is 13.8 Å². The molecule has 0 aliphatic rings. The SMILES string of the molecule is CC#CC(C)CS. The fraction of sp³-hybridized carbons (Fsp3) is 0.667. The Morgan fingerprint density at radius 2 is 2.29 bits per heavy atom. The molecule has 0 heterocycles. The van der Waals surface area contributed by atoms with Gasteiger partial charge in [-0.05, 0) is 6.92 Å². The molecule has 0 nitrogen and oxygen atoms in total. The highest BCUT2D eigenvalue weighted by Gasteiger charge is 1.86. The van der Waals surface area contributed by atoms with E-state index < -0.39 is 0 Å². The molecule has 0 saturated heterocycles. The number of rotatable bonds is 1. The maximum absolute atomic E-state index is 4.05. The van der Waals surface area contributed by atoms with Crippen molar-refractivity contribution in [1.82, 2.24) is 0 Å². The zero-order valence-electron chi connectivity index (χ0n) is 4.73. The van der Waals surface area contributed by atoms with Crippen molar-refractivity contribution < 1.29 is 0 Å². The van der Waals surface area contributed by atoms with Crippen molar-refractivity contribution in [3.63, 3.8) is 0 Å². The van der Waals surface area contributed by atoms with Crippen LogP contribution in [0.4, 0.5) is 0 Å². The second kappa shape index (κ2) is 4.08. The first kappa shape index (κ1) is 6.91. The molecule has 0 fully saturated rings. The van der Waals surface area contributed by atoms with Crippen molar-refractivity contribution in [1.29, 1.82) is 0 Å². The van der Waals surface area contributed by atoms with Crippen LogP contribution in [0.15, 0.2) is 0 Å². The lowest BCUT2D eigenvalue weighted by atomic mass is 10.2. The molecular formula is C6H10S. The summed E-state index contributed by atoms with van der Waals surface area (Å²) in [5.74, 6) is 7.10. The molecule has 1 atom stereocenters.